The van der Waals surface area contributed by atoms with E-state index in [4.69, 9.17) is 10.8 Å². The summed E-state index contributed by atoms with van der Waals surface area (Å²) < 4.78 is 0. The van der Waals surface area contributed by atoms with Crippen LogP contribution >= 0.6 is 0 Å². The third-order valence-electron chi connectivity index (χ3n) is 3.36. The molecule has 0 bridgehead atoms. The maximum absolute atomic E-state index is 12.3. The lowest BCUT2D eigenvalue weighted by Crippen LogP contribution is -2.39. The molecule has 6 heteroatoms. The van der Waals surface area contributed by atoms with E-state index in [0.717, 1.165) is 5.52 Å². The highest BCUT2D eigenvalue weighted by molar-refractivity contribution is 6.05. The number of aliphatic hydroxyl groups excluding tert-OH is 1. The summed E-state index contributed by atoms with van der Waals surface area (Å²) in [5, 5.41) is 19.5. The number of rotatable bonds is 5. The van der Waals surface area contributed by atoms with Crippen LogP contribution in [0, 0.1) is 5.92 Å². The first-order chi connectivity index (χ1) is 9.52. The van der Waals surface area contributed by atoms with E-state index in [-0.39, 0.29) is 24.5 Å². The minimum Gasteiger partial charge on any atom is -0.399 e. The minimum absolute atomic E-state index is 0.0391. The van der Waals surface area contributed by atoms with Crippen molar-refractivity contribution in [3.8, 4) is 0 Å². The van der Waals surface area contributed by atoms with E-state index < -0.39 is 0 Å². The molecule has 2 rings (SSSR count). The second kappa shape index (κ2) is 5.92. The highest BCUT2D eigenvalue weighted by atomic mass is 16.3. The van der Waals surface area contributed by atoms with E-state index in [1.165, 1.54) is 0 Å². The van der Waals surface area contributed by atoms with Gasteiger partial charge in [0.25, 0.3) is 5.91 Å². The largest absolute Gasteiger partial charge is 0.399 e. The summed E-state index contributed by atoms with van der Waals surface area (Å²) in [6, 6.07) is 5.19. The Morgan fingerprint density at radius 2 is 2.25 bits per heavy atom. The molecule has 1 aromatic heterocycles. The number of hydrogen-bond acceptors (Lipinski definition) is 4. The number of aliphatic hydroxyl groups is 1. The van der Waals surface area contributed by atoms with Crippen molar-refractivity contribution in [1.29, 1.82) is 0 Å². The number of benzene rings is 1. The molecule has 1 atom stereocenters. The second-order valence-corrected chi connectivity index (χ2v) is 5.21. The molecule has 0 fully saturated rings. The fraction of sp³-hybridized carbons (Fsp3) is 0.429. The lowest BCUT2D eigenvalue weighted by atomic mass is 10.0. The zero-order valence-electron chi connectivity index (χ0n) is 11.7. The molecule has 2 aromatic rings. The molecule has 0 spiro atoms. The smallest absolute Gasteiger partial charge is 0.272 e. The number of nitrogen functional groups attached to an aromatic ring is 1. The Labute approximate surface area is 117 Å². The normalized spacial score (nSPS) is 12.8. The number of nitrogens with zero attached hydrogens (tertiary/aromatic N) is 1. The van der Waals surface area contributed by atoms with Gasteiger partial charge < -0.3 is 16.2 Å². The summed E-state index contributed by atoms with van der Waals surface area (Å²) in [5.74, 6) is -0.0182. The Kier molecular flexibility index (Phi) is 4.24. The number of H-pyrrole nitrogens is 1. The summed E-state index contributed by atoms with van der Waals surface area (Å²) in [6.45, 7) is 4.04. The number of aromatic amines is 1. The molecule has 108 valence electrons. The average molecular weight is 276 g/mol. The quantitative estimate of drug-likeness (QED) is 0.617. The van der Waals surface area contributed by atoms with Crippen molar-refractivity contribution in [2.24, 2.45) is 5.92 Å². The number of nitrogens with two attached hydrogens (primary N) is 1. The SMILES string of the molecule is CC(C)C(CCO)NC(=O)c1n[nH]c2ccc(N)cc12. The molecule has 1 unspecified atom stereocenters. The van der Waals surface area contributed by atoms with Crippen LogP contribution in [0.4, 0.5) is 5.69 Å². The lowest BCUT2D eigenvalue weighted by molar-refractivity contribution is 0.0913. The van der Waals surface area contributed by atoms with Crippen molar-refractivity contribution in [3.63, 3.8) is 0 Å². The van der Waals surface area contributed by atoms with Gasteiger partial charge in [0.05, 0.1) is 5.52 Å². The van der Waals surface area contributed by atoms with Crippen LogP contribution in [0.3, 0.4) is 0 Å². The van der Waals surface area contributed by atoms with Crippen molar-refractivity contribution in [3.05, 3.63) is 23.9 Å². The topological polar surface area (TPSA) is 104 Å². The van der Waals surface area contributed by atoms with Crippen LogP contribution in [0.2, 0.25) is 0 Å². The number of carbonyl (C=O) groups excluding carboxylic acids is 1. The van der Waals surface area contributed by atoms with Gasteiger partial charge in [-0.15, -0.1) is 0 Å². The molecule has 5 N–H and O–H groups in total. The van der Waals surface area contributed by atoms with Gasteiger partial charge in [-0.3, -0.25) is 9.89 Å². The molecular formula is C14H20N4O2. The van der Waals surface area contributed by atoms with Gasteiger partial charge in [0.2, 0.25) is 0 Å². The molecule has 0 aliphatic carbocycles. The summed E-state index contributed by atoms with van der Waals surface area (Å²) in [7, 11) is 0. The molecule has 6 nitrogen and oxygen atoms in total. The first-order valence-electron chi connectivity index (χ1n) is 6.68. The standard InChI is InChI=1S/C14H20N4O2/c1-8(2)11(5-6-19)16-14(20)13-10-7-9(15)3-4-12(10)17-18-13/h3-4,7-8,11,19H,5-6,15H2,1-2H3,(H,16,20)(H,17,18). The molecule has 0 radical (unpaired) electrons. The Morgan fingerprint density at radius 3 is 2.90 bits per heavy atom. The van der Waals surface area contributed by atoms with Crippen LogP contribution in [0.1, 0.15) is 30.8 Å². The van der Waals surface area contributed by atoms with Crippen molar-refractivity contribution in [2.75, 3.05) is 12.3 Å². The van der Waals surface area contributed by atoms with Crippen LogP contribution in [0.5, 0.6) is 0 Å². The summed E-state index contributed by atoms with van der Waals surface area (Å²) in [6.07, 6.45) is 0.522. The predicted octanol–water partition coefficient (Wildman–Crippen LogP) is 1.28. The number of aromatic nitrogens is 2. The number of hydrogen-bond donors (Lipinski definition) is 4. The van der Waals surface area contributed by atoms with E-state index in [1.54, 1.807) is 18.2 Å². The Hall–Kier alpha value is -2.08. The molecular weight excluding hydrogens is 256 g/mol. The van der Waals surface area contributed by atoms with Gasteiger partial charge in [-0.25, -0.2) is 0 Å². The lowest BCUT2D eigenvalue weighted by Gasteiger charge is -2.20. The molecule has 1 amide bonds. The van der Waals surface area contributed by atoms with Crippen molar-refractivity contribution >= 4 is 22.5 Å². The molecule has 1 heterocycles. The van der Waals surface area contributed by atoms with Crippen LogP contribution in [-0.2, 0) is 0 Å². The zero-order valence-corrected chi connectivity index (χ0v) is 11.7. The van der Waals surface area contributed by atoms with Crippen LogP contribution < -0.4 is 11.1 Å². The van der Waals surface area contributed by atoms with Gasteiger partial charge in [0, 0.05) is 23.7 Å². The monoisotopic (exact) mass is 276 g/mol. The Bertz CT molecular complexity index is 606. The van der Waals surface area contributed by atoms with Gasteiger partial charge >= 0.3 is 0 Å². The summed E-state index contributed by atoms with van der Waals surface area (Å²) >= 11 is 0. The molecule has 20 heavy (non-hydrogen) atoms. The predicted molar refractivity (Wildman–Crippen MR) is 78.3 cm³/mol. The van der Waals surface area contributed by atoms with Gasteiger partial charge in [-0.05, 0) is 30.5 Å². The van der Waals surface area contributed by atoms with Crippen LogP contribution in [0.15, 0.2) is 18.2 Å². The zero-order chi connectivity index (χ0) is 14.7. The number of amides is 1. The van der Waals surface area contributed by atoms with E-state index in [1.807, 2.05) is 13.8 Å². The average Bonchev–Trinajstić information content (AvgIpc) is 2.80. The van der Waals surface area contributed by atoms with Crippen molar-refractivity contribution in [2.45, 2.75) is 26.3 Å². The first-order valence-corrected chi connectivity index (χ1v) is 6.68. The highest BCUT2D eigenvalue weighted by Crippen LogP contribution is 2.19. The van der Waals surface area contributed by atoms with Crippen LogP contribution in [-0.4, -0.2) is 33.9 Å². The van der Waals surface area contributed by atoms with Gasteiger partial charge in [0.15, 0.2) is 5.69 Å². The number of fused-ring (bicyclic) bond motifs is 1. The van der Waals surface area contributed by atoms with E-state index in [0.29, 0.717) is 23.2 Å². The molecule has 0 aliphatic heterocycles. The van der Waals surface area contributed by atoms with Crippen LogP contribution in [0.25, 0.3) is 10.9 Å². The van der Waals surface area contributed by atoms with Gasteiger partial charge in [-0.1, -0.05) is 13.8 Å². The molecule has 1 aromatic carbocycles. The van der Waals surface area contributed by atoms with E-state index in [9.17, 15) is 4.79 Å². The third-order valence-corrected chi connectivity index (χ3v) is 3.36. The molecule has 0 aliphatic rings. The summed E-state index contributed by atoms with van der Waals surface area (Å²) in [5.41, 5.74) is 7.43. The number of carbonyl (C=O) groups is 1. The van der Waals surface area contributed by atoms with E-state index in [2.05, 4.69) is 15.5 Å². The second-order valence-electron chi connectivity index (χ2n) is 5.21. The third kappa shape index (κ3) is 2.91. The maximum Gasteiger partial charge on any atom is 0.272 e. The highest BCUT2D eigenvalue weighted by Gasteiger charge is 2.20. The van der Waals surface area contributed by atoms with Gasteiger partial charge in [-0.2, -0.15) is 5.10 Å². The van der Waals surface area contributed by atoms with Crippen molar-refractivity contribution < 1.29 is 9.90 Å². The van der Waals surface area contributed by atoms with Crippen molar-refractivity contribution in [1.82, 2.24) is 15.5 Å². The first kappa shape index (κ1) is 14.3. The number of anilines is 1. The number of nitrogens with one attached hydrogen (secondary N) is 2. The van der Waals surface area contributed by atoms with Gasteiger partial charge in [0.1, 0.15) is 0 Å². The minimum atomic E-state index is -0.256. The maximum atomic E-state index is 12.3. The Morgan fingerprint density at radius 1 is 1.50 bits per heavy atom. The molecule has 0 saturated heterocycles. The fourth-order valence-corrected chi connectivity index (χ4v) is 2.15. The molecule has 0 saturated carbocycles. The summed E-state index contributed by atoms with van der Waals surface area (Å²) in [4.78, 5) is 12.3. The fourth-order valence-electron chi connectivity index (χ4n) is 2.15. The van der Waals surface area contributed by atoms with E-state index >= 15 is 0 Å². The Balaban J connectivity index is 2.24.